The molecule has 2 unspecified atom stereocenters. The van der Waals surface area contributed by atoms with Crippen LogP contribution in [0.15, 0.2) is 24.3 Å². The van der Waals surface area contributed by atoms with Gasteiger partial charge in [0.2, 0.25) is 0 Å². The summed E-state index contributed by atoms with van der Waals surface area (Å²) in [4.78, 5) is 0. The summed E-state index contributed by atoms with van der Waals surface area (Å²) >= 11 is 0. The molecule has 110 valence electrons. The molecule has 2 saturated carbocycles. The zero-order chi connectivity index (χ0) is 13.8. The summed E-state index contributed by atoms with van der Waals surface area (Å²) in [6, 6.07) is 9.24. The summed E-state index contributed by atoms with van der Waals surface area (Å²) in [5.41, 5.74) is 1.24. The molecule has 1 N–H and O–H groups in total. The lowest BCUT2D eigenvalue weighted by atomic mass is 10.1. The molecule has 0 heterocycles. The van der Waals surface area contributed by atoms with Crippen molar-refractivity contribution in [3.63, 3.8) is 0 Å². The first-order valence-corrected chi connectivity index (χ1v) is 8.36. The lowest BCUT2D eigenvalue weighted by molar-refractivity contribution is 0.210. The number of ether oxygens (including phenoxy) is 1. The number of benzene rings is 1. The lowest BCUT2D eigenvalue weighted by Crippen LogP contribution is -2.15. The van der Waals surface area contributed by atoms with Crippen LogP contribution in [0, 0.1) is 5.92 Å². The number of rotatable bonds is 5. The van der Waals surface area contributed by atoms with E-state index in [0.29, 0.717) is 12.1 Å². The highest BCUT2D eigenvalue weighted by atomic mass is 16.5. The minimum Gasteiger partial charge on any atom is -0.490 e. The highest BCUT2D eigenvalue weighted by Gasteiger charge is 2.23. The van der Waals surface area contributed by atoms with E-state index in [4.69, 9.17) is 4.74 Å². The Kier molecular flexibility index (Phi) is 4.49. The van der Waals surface area contributed by atoms with Gasteiger partial charge in [0.25, 0.3) is 0 Å². The molecule has 0 aromatic heterocycles. The molecule has 20 heavy (non-hydrogen) atoms. The van der Waals surface area contributed by atoms with Gasteiger partial charge in [-0.25, -0.2) is 0 Å². The third kappa shape index (κ3) is 3.47. The number of anilines is 1. The first kappa shape index (κ1) is 13.8. The van der Waals surface area contributed by atoms with Gasteiger partial charge in [-0.3, -0.25) is 0 Å². The van der Waals surface area contributed by atoms with Crippen LogP contribution in [-0.4, -0.2) is 12.1 Å². The third-order valence-electron chi connectivity index (χ3n) is 4.95. The van der Waals surface area contributed by atoms with Crippen molar-refractivity contribution in [2.45, 2.75) is 70.4 Å². The van der Waals surface area contributed by atoms with Gasteiger partial charge in [-0.05, 0) is 75.1 Å². The predicted molar refractivity (Wildman–Crippen MR) is 84.4 cm³/mol. The van der Waals surface area contributed by atoms with E-state index in [0.717, 1.165) is 11.7 Å². The maximum absolute atomic E-state index is 6.01. The first-order chi connectivity index (χ1) is 9.83. The molecule has 2 heteroatoms. The summed E-state index contributed by atoms with van der Waals surface area (Å²) < 4.78 is 6.01. The van der Waals surface area contributed by atoms with Crippen LogP contribution < -0.4 is 10.1 Å². The fourth-order valence-electron chi connectivity index (χ4n) is 3.64. The second kappa shape index (κ2) is 6.51. The Hall–Kier alpha value is -1.18. The monoisotopic (exact) mass is 273 g/mol. The van der Waals surface area contributed by atoms with Crippen LogP contribution in [0.25, 0.3) is 0 Å². The normalized spacial score (nSPS) is 26.9. The Labute approximate surface area is 122 Å². The largest absolute Gasteiger partial charge is 0.490 e. The zero-order valence-corrected chi connectivity index (χ0v) is 12.6. The van der Waals surface area contributed by atoms with Crippen LogP contribution in [0.1, 0.15) is 58.3 Å². The first-order valence-electron chi connectivity index (χ1n) is 8.36. The molecular weight excluding hydrogens is 246 g/mol. The van der Waals surface area contributed by atoms with Crippen molar-refractivity contribution >= 4 is 5.69 Å². The van der Waals surface area contributed by atoms with Gasteiger partial charge in [0.15, 0.2) is 0 Å². The van der Waals surface area contributed by atoms with Gasteiger partial charge in [-0.1, -0.05) is 13.3 Å². The molecule has 0 aliphatic heterocycles. The Morgan fingerprint density at radius 1 is 1.05 bits per heavy atom. The lowest BCUT2D eigenvalue weighted by Gasteiger charge is -2.16. The summed E-state index contributed by atoms with van der Waals surface area (Å²) in [6.07, 6.45) is 10.9. The van der Waals surface area contributed by atoms with Crippen molar-refractivity contribution in [3.05, 3.63) is 24.3 Å². The Bertz CT molecular complexity index is 408. The highest BCUT2D eigenvalue weighted by Crippen LogP contribution is 2.31. The number of hydrogen-bond acceptors (Lipinski definition) is 2. The summed E-state index contributed by atoms with van der Waals surface area (Å²) in [7, 11) is 0. The topological polar surface area (TPSA) is 21.3 Å². The average molecular weight is 273 g/mol. The van der Waals surface area contributed by atoms with Crippen LogP contribution >= 0.6 is 0 Å². The van der Waals surface area contributed by atoms with E-state index in [1.165, 1.54) is 57.1 Å². The Balaban J connectivity index is 1.51. The Morgan fingerprint density at radius 2 is 1.80 bits per heavy atom. The molecule has 0 amide bonds. The average Bonchev–Trinajstić information content (AvgIpc) is 3.12. The molecule has 2 atom stereocenters. The molecule has 1 aromatic rings. The molecule has 2 aliphatic carbocycles. The molecule has 0 bridgehead atoms. The van der Waals surface area contributed by atoms with Crippen LogP contribution in [0.3, 0.4) is 0 Å². The van der Waals surface area contributed by atoms with Crippen molar-refractivity contribution in [2.75, 3.05) is 5.32 Å². The quantitative estimate of drug-likeness (QED) is 0.815. The smallest absolute Gasteiger partial charge is 0.119 e. The maximum atomic E-state index is 6.01. The molecule has 0 spiro atoms. The standard InChI is InChI=1S/C18H27NO/c1-2-14-7-8-16(13-14)19-15-9-11-18(12-10-15)20-17-5-3-4-6-17/h9-12,14,16-17,19H,2-8,13H2,1H3. The van der Waals surface area contributed by atoms with Crippen LogP contribution in [-0.2, 0) is 0 Å². The van der Waals surface area contributed by atoms with Crippen molar-refractivity contribution in [1.29, 1.82) is 0 Å². The molecule has 0 saturated heterocycles. The number of hydrogen-bond donors (Lipinski definition) is 1. The molecule has 0 radical (unpaired) electrons. The summed E-state index contributed by atoms with van der Waals surface area (Å²) in [5.74, 6) is 1.96. The van der Waals surface area contributed by atoms with Crippen molar-refractivity contribution in [3.8, 4) is 5.75 Å². The predicted octanol–water partition coefficient (Wildman–Crippen LogP) is 5.00. The van der Waals surface area contributed by atoms with E-state index < -0.39 is 0 Å². The zero-order valence-electron chi connectivity index (χ0n) is 12.6. The Morgan fingerprint density at radius 3 is 2.45 bits per heavy atom. The van der Waals surface area contributed by atoms with Gasteiger partial charge in [-0.15, -0.1) is 0 Å². The minimum absolute atomic E-state index is 0.453. The van der Waals surface area contributed by atoms with Crippen molar-refractivity contribution in [2.24, 2.45) is 5.92 Å². The molecular formula is C18H27NO. The van der Waals surface area contributed by atoms with E-state index in [-0.39, 0.29) is 0 Å². The van der Waals surface area contributed by atoms with E-state index in [2.05, 4.69) is 36.5 Å². The fourth-order valence-corrected chi connectivity index (χ4v) is 3.64. The SMILES string of the molecule is CCC1CCC(Nc2ccc(OC3CCCC3)cc2)C1. The van der Waals surface area contributed by atoms with Crippen molar-refractivity contribution in [1.82, 2.24) is 0 Å². The van der Waals surface area contributed by atoms with E-state index in [1.807, 2.05) is 0 Å². The van der Waals surface area contributed by atoms with E-state index >= 15 is 0 Å². The molecule has 2 aliphatic rings. The minimum atomic E-state index is 0.453. The van der Waals surface area contributed by atoms with Gasteiger partial charge in [0, 0.05) is 11.7 Å². The molecule has 3 rings (SSSR count). The van der Waals surface area contributed by atoms with Crippen LogP contribution in [0.4, 0.5) is 5.69 Å². The van der Waals surface area contributed by atoms with Crippen LogP contribution in [0.5, 0.6) is 5.75 Å². The fraction of sp³-hybridized carbons (Fsp3) is 0.667. The second-order valence-electron chi connectivity index (χ2n) is 6.48. The summed E-state index contributed by atoms with van der Waals surface area (Å²) in [5, 5.41) is 3.67. The highest BCUT2D eigenvalue weighted by molar-refractivity contribution is 5.47. The van der Waals surface area contributed by atoms with Gasteiger partial charge in [0.05, 0.1) is 6.10 Å². The molecule has 1 aromatic carbocycles. The third-order valence-corrected chi connectivity index (χ3v) is 4.95. The van der Waals surface area contributed by atoms with Crippen LogP contribution in [0.2, 0.25) is 0 Å². The second-order valence-corrected chi connectivity index (χ2v) is 6.48. The summed E-state index contributed by atoms with van der Waals surface area (Å²) in [6.45, 7) is 2.31. The number of nitrogens with one attached hydrogen (secondary N) is 1. The molecule has 2 nitrogen and oxygen atoms in total. The van der Waals surface area contributed by atoms with E-state index in [9.17, 15) is 0 Å². The van der Waals surface area contributed by atoms with Gasteiger partial charge >= 0.3 is 0 Å². The molecule has 2 fully saturated rings. The maximum Gasteiger partial charge on any atom is 0.119 e. The van der Waals surface area contributed by atoms with Gasteiger partial charge < -0.3 is 10.1 Å². The van der Waals surface area contributed by atoms with E-state index in [1.54, 1.807) is 0 Å². The van der Waals surface area contributed by atoms with Gasteiger partial charge in [0.1, 0.15) is 5.75 Å². The van der Waals surface area contributed by atoms with Gasteiger partial charge in [-0.2, -0.15) is 0 Å². The van der Waals surface area contributed by atoms with Crippen molar-refractivity contribution < 1.29 is 4.74 Å².